The van der Waals surface area contributed by atoms with Gasteiger partial charge in [0.2, 0.25) is 6.71 Å². The van der Waals surface area contributed by atoms with Gasteiger partial charge in [0.1, 0.15) is 0 Å². The molecule has 2 aliphatic heterocycles. The average Bonchev–Trinajstić information content (AvgIpc) is 3.78. The lowest BCUT2D eigenvalue weighted by molar-refractivity contribution is 0.751. The molecule has 11 aromatic carbocycles. The van der Waals surface area contributed by atoms with Crippen LogP contribution in [0.3, 0.4) is 0 Å². The van der Waals surface area contributed by atoms with E-state index in [2.05, 4.69) is 282 Å². The van der Waals surface area contributed by atoms with Gasteiger partial charge in [0.15, 0.2) is 0 Å². The van der Waals surface area contributed by atoms with Crippen LogP contribution >= 0.6 is 0 Å². The molecule has 0 N–H and O–H groups in total. The minimum atomic E-state index is -0.664. The number of hydrogen-bond acceptors (Lipinski definition) is 1. The highest BCUT2D eigenvalue weighted by Crippen LogP contribution is 2.53. The lowest BCUT2D eigenvalue weighted by atomic mass is 9.29. The highest BCUT2D eigenvalue weighted by molar-refractivity contribution is 6.99. The minimum Gasteiger partial charge on any atom is -0.310 e. The van der Waals surface area contributed by atoms with E-state index in [1.807, 2.05) is 0 Å². The maximum Gasteiger partial charge on any atom is 0.247 e. The maximum absolute atomic E-state index is 2.63. The molecule has 0 fully saturated rings. The largest absolute Gasteiger partial charge is 0.310 e. The predicted molar refractivity (Wildman–Crippen MR) is 295 cm³/mol. The molecule has 0 saturated carbocycles. The number of aromatic nitrogens is 1. The summed E-state index contributed by atoms with van der Waals surface area (Å²) in [6.07, 6.45) is 0. The van der Waals surface area contributed by atoms with E-state index in [4.69, 9.17) is 0 Å². The number of para-hydroxylation sites is 4. The van der Waals surface area contributed by atoms with Crippen molar-refractivity contribution < 1.29 is 0 Å². The Bertz CT molecular complexity index is 3840. The molecule has 0 unspecified atom stereocenters. The minimum absolute atomic E-state index is 0.0290. The SMILES string of the molecule is c1ccc(-c2cccc(-c3ccccc3)c2N2c3ccccc3B3c4ccccc4C(c4ccccc4)(c4ccccc4)c4cc(-c5ccc6c(c5)c5ccccc5n6-c5ccccc5)cc2c43)cc1. The number of fused-ring (bicyclic) bond motifs is 7. The third-order valence-electron chi connectivity index (χ3n) is 15.1. The monoisotopic (exact) mass is 888 g/mol. The fraction of sp³-hybridized carbons (Fsp3) is 0.0149. The van der Waals surface area contributed by atoms with E-state index in [1.54, 1.807) is 0 Å². The van der Waals surface area contributed by atoms with Gasteiger partial charge >= 0.3 is 0 Å². The second kappa shape index (κ2) is 16.1. The van der Waals surface area contributed by atoms with Gasteiger partial charge in [-0.1, -0.05) is 230 Å². The van der Waals surface area contributed by atoms with Crippen LogP contribution in [0.5, 0.6) is 0 Å². The van der Waals surface area contributed by atoms with Crippen LogP contribution in [0.2, 0.25) is 0 Å². The van der Waals surface area contributed by atoms with Crippen LogP contribution < -0.4 is 21.3 Å². The molecule has 0 aliphatic carbocycles. The van der Waals surface area contributed by atoms with Crippen molar-refractivity contribution in [3.63, 3.8) is 0 Å². The summed E-state index contributed by atoms with van der Waals surface area (Å²) in [5.41, 5.74) is 22.5. The first-order chi connectivity index (χ1) is 34.8. The van der Waals surface area contributed by atoms with Crippen molar-refractivity contribution in [2.24, 2.45) is 0 Å². The third kappa shape index (κ3) is 5.95. The Hall–Kier alpha value is -8.92. The van der Waals surface area contributed by atoms with Crippen LogP contribution in [0.1, 0.15) is 22.3 Å². The third-order valence-corrected chi connectivity index (χ3v) is 15.1. The molecular weight excluding hydrogens is 844 g/mol. The predicted octanol–water partition coefficient (Wildman–Crippen LogP) is 14.8. The molecule has 0 radical (unpaired) electrons. The zero-order valence-electron chi connectivity index (χ0n) is 38.5. The van der Waals surface area contributed by atoms with Crippen molar-refractivity contribution in [1.82, 2.24) is 4.57 Å². The summed E-state index contributed by atoms with van der Waals surface area (Å²) >= 11 is 0. The molecule has 326 valence electrons. The summed E-state index contributed by atoms with van der Waals surface area (Å²) in [7, 11) is 0. The summed E-state index contributed by atoms with van der Waals surface area (Å²) in [6.45, 7) is -0.0290. The van der Waals surface area contributed by atoms with Crippen molar-refractivity contribution in [3.8, 4) is 39.1 Å². The number of anilines is 3. The normalized spacial score (nSPS) is 13.2. The fourth-order valence-electron chi connectivity index (χ4n) is 12.3. The topological polar surface area (TPSA) is 8.17 Å². The standard InChI is InChI=1S/C67H45BN2/c1-6-23-46(24-7-1)53-34-22-35-54(47-25-8-2-9-26-47)66(53)70-63-40-21-19-38-60(63)68-59-37-18-17-36-57(59)67(50-27-10-3-11-28-50,51-29-12-4-13-30-51)58-44-49(45-64(70)65(58)68)48-41-42-62-56(43-48)55-33-16-20-39-61(55)69(62)52-31-14-5-15-32-52/h1-45H. The van der Waals surface area contributed by atoms with E-state index >= 15 is 0 Å². The van der Waals surface area contributed by atoms with E-state index in [0.29, 0.717) is 0 Å². The lowest BCUT2D eigenvalue weighted by Crippen LogP contribution is -2.65. The Labute approximate surface area is 409 Å². The molecule has 14 rings (SSSR count). The molecule has 0 amide bonds. The van der Waals surface area contributed by atoms with E-state index in [-0.39, 0.29) is 6.71 Å². The van der Waals surface area contributed by atoms with Gasteiger partial charge in [-0.25, -0.2) is 0 Å². The Morgan fingerprint density at radius 1 is 0.329 bits per heavy atom. The molecule has 12 aromatic rings. The molecule has 1 aromatic heterocycles. The molecule has 0 atom stereocenters. The van der Waals surface area contributed by atoms with E-state index in [0.717, 1.165) is 11.4 Å². The summed E-state index contributed by atoms with van der Waals surface area (Å²) in [5, 5.41) is 2.46. The number of rotatable bonds is 7. The first-order valence-electron chi connectivity index (χ1n) is 24.4. The van der Waals surface area contributed by atoms with Gasteiger partial charge in [-0.2, -0.15) is 0 Å². The Morgan fingerprint density at radius 3 is 1.54 bits per heavy atom. The average molecular weight is 889 g/mol. The lowest BCUT2D eigenvalue weighted by Gasteiger charge is -2.49. The van der Waals surface area contributed by atoms with E-state index < -0.39 is 5.41 Å². The smallest absolute Gasteiger partial charge is 0.247 e. The van der Waals surface area contributed by atoms with Gasteiger partial charge in [-0.3, -0.25) is 0 Å². The van der Waals surface area contributed by atoms with Crippen molar-refractivity contribution in [3.05, 3.63) is 295 Å². The number of nitrogens with zero attached hydrogens (tertiary/aromatic N) is 2. The maximum atomic E-state index is 2.63. The molecule has 2 nitrogen and oxygen atoms in total. The van der Waals surface area contributed by atoms with Crippen LogP contribution in [0.15, 0.2) is 273 Å². The van der Waals surface area contributed by atoms with Crippen LogP contribution in [-0.2, 0) is 5.41 Å². The Kier molecular flexibility index (Phi) is 9.25. The van der Waals surface area contributed by atoms with Crippen LogP contribution in [0, 0.1) is 0 Å². The van der Waals surface area contributed by atoms with Gasteiger partial charge in [0.05, 0.1) is 22.1 Å². The van der Waals surface area contributed by atoms with E-state index in [1.165, 1.54) is 105 Å². The van der Waals surface area contributed by atoms with Crippen LogP contribution in [0.25, 0.3) is 60.9 Å². The summed E-state index contributed by atoms with van der Waals surface area (Å²) < 4.78 is 2.41. The highest BCUT2D eigenvalue weighted by atomic mass is 15.2. The van der Waals surface area contributed by atoms with Crippen LogP contribution in [-0.4, -0.2) is 11.3 Å². The van der Waals surface area contributed by atoms with Crippen molar-refractivity contribution in [1.29, 1.82) is 0 Å². The van der Waals surface area contributed by atoms with E-state index in [9.17, 15) is 0 Å². The van der Waals surface area contributed by atoms with Gasteiger partial charge in [0.25, 0.3) is 0 Å². The van der Waals surface area contributed by atoms with Crippen molar-refractivity contribution in [2.75, 3.05) is 4.90 Å². The van der Waals surface area contributed by atoms with Crippen LogP contribution in [0.4, 0.5) is 17.1 Å². The summed E-state index contributed by atoms with van der Waals surface area (Å²) in [5.74, 6) is 0. The quantitative estimate of drug-likeness (QED) is 0.145. The first-order valence-corrected chi connectivity index (χ1v) is 24.4. The molecule has 70 heavy (non-hydrogen) atoms. The van der Waals surface area contributed by atoms with Gasteiger partial charge in [0, 0.05) is 39.0 Å². The Balaban J connectivity index is 1.15. The molecule has 2 aliphatic rings. The van der Waals surface area contributed by atoms with Gasteiger partial charge in [-0.15, -0.1) is 0 Å². The summed E-state index contributed by atoms with van der Waals surface area (Å²) in [4.78, 5) is 2.63. The molecule has 0 bridgehead atoms. The molecule has 0 spiro atoms. The molecule has 0 saturated heterocycles. The molecule has 3 heterocycles. The molecule has 3 heteroatoms. The van der Waals surface area contributed by atoms with Gasteiger partial charge in [-0.05, 0) is 104 Å². The highest BCUT2D eigenvalue weighted by Gasteiger charge is 2.51. The van der Waals surface area contributed by atoms with Crippen molar-refractivity contribution >= 4 is 62.0 Å². The van der Waals surface area contributed by atoms with Crippen molar-refractivity contribution in [2.45, 2.75) is 5.41 Å². The fourth-order valence-corrected chi connectivity index (χ4v) is 12.3. The second-order valence-corrected chi connectivity index (χ2v) is 18.7. The number of hydrogen-bond donors (Lipinski definition) is 0. The second-order valence-electron chi connectivity index (χ2n) is 18.7. The Morgan fingerprint density at radius 2 is 0.871 bits per heavy atom. The molecular formula is C67H45BN2. The summed E-state index contributed by atoms with van der Waals surface area (Å²) in [6, 6.07) is 102. The first kappa shape index (κ1) is 40.2. The number of benzene rings is 11. The zero-order chi connectivity index (χ0) is 46.2. The van der Waals surface area contributed by atoms with Gasteiger partial charge < -0.3 is 9.47 Å². The zero-order valence-corrected chi connectivity index (χ0v) is 38.5.